The van der Waals surface area contributed by atoms with Crippen molar-refractivity contribution < 1.29 is 19.2 Å². The second-order valence-corrected chi connectivity index (χ2v) is 14.5. The quantitative estimate of drug-likeness (QED) is 0.278. The largest absolute Gasteiger partial charge is 0.344 e. The van der Waals surface area contributed by atoms with Crippen LogP contribution in [0.1, 0.15) is 69.3 Å². The monoisotopic (exact) mass is 734 g/mol. The molecule has 4 aliphatic rings. The Bertz CT molecular complexity index is 1960. The number of piperazine rings is 2. The molecule has 0 bridgehead atoms. The Morgan fingerprint density at radius 1 is 0.630 bits per heavy atom. The number of carbonyl (C=O) groups is 4. The van der Waals surface area contributed by atoms with Gasteiger partial charge in [0.2, 0.25) is 0 Å². The fourth-order valence-electron chi connectivity index (χ4n) is 7.95. The summed E-state index contributed by atoms with van der Waals surface area (Å²) in [6.07, 6.45) is 15.3. The van der Waals surface area contributed by atoms with Gasteiger partial charge in [-0.2, -0.15) is 19.6 Å². The molecule has 4 fully saturated rings. The van der Waals surface area contributed by atoms with Crippen LogP contribution in [0.25, 0.3) is 0 Å². The third-order valence-corrected chi connectivity index (χ3v) is 11.0. The van der Waals surface area contributed by atoms with E-state index in [0.29, 0.717) is 63.5 Å². The minimum Gasteiger partial charge on any atom is -0.339 e. The predicted octanol–water partition coefficient (Wildman–Crippen LogP) is 2.65. The summed E-state index contributed by atoms with van der Waals surface area (Å²) < 4.78 is 2.56. The Balaban J connectivity index is 0.830. The zero-order valence-corrected chi connectivity index (χ0v) is 30.4. The average molecular weight is 735 g/mol. The molecule has 16 heteroatoms. The minimum absolute atomic E-state index is 0.0716. The number of likely N-dealkylation sites (tertiary alicyclic amines) is 2. The summed E-state index contributed by atoms with van der Waals surface area (Å²) in [6, 6.07) is 7.49. The summed E-state index contributed by atoms with van der Waals surface area (Å²) in [6.45, 7) is 8.65. The van der Waals surface area contributed by atoms with Crippen LogP contribution in [0.2, 0.25) is 0 Å². The van der Waals surface area contributed by atoms with Crippen molar-refractivity contribution in [3.05, 3.63) is 95.6 Å². The third-order valence-electron chi connectivity index (χ3n) is 11.0. The van der Waals surface area contributed by atoms with Crippen LogP contribution in [0, 0.1) is 0 Å². The highest BCUT2D eigenvalue weighted by Gasteiger charge is 2.33. The van der Waals surface area contributed by atoms with Gasteiger partial charge in [-0.05, 0) is 55.0 Å². The van der Waals surface area contributed by atoms with Crippen molar-refractivity contribution in [1.82, 2.24) is 58.9 Å². The predicted molar refractivity (Wildman–Crippen MR) is 196 cm³/mol. The van der Waals surface area contributed by atoms with E-state index >= 15 is 0 Å². The molecule has 8 rings (SSSR count). The van der Waals surface area contributed by atoms with Crippen molar-refractivity contribution in [2.45, 2.75) is 44.8 Å². The van der Waals surface area contributed by atoms with Gasteiger partial charge in [0, 0.05) is 116 Å². The highest BCUT2D eigenvalue weighted by Crippen LogP contribution is 2.33. The van der Waals surface area contributed by atoms with Gasteiger partial charge in [0.25, 0.3) is 11.8 Å². The Morgan fingerprint density at radius 3 is 1.89 bits per heavy atom. The first-order valence-corrected chi connectivity index (χ1v) is 19.0. The van der Waals surface area contributed by atoms with Crippen LogP contribution in [0.5, 0.6) is 0 Å². The molecule has 4 aromatic rings. The maximum atomic E-state index is 13.8. The number of hydrogen-bond donors (Lipinski definition) is 0. The number of nitrogens with zero attached hydrogens (tertiary/aromatic N) is 12. The molecule has 8 heterocycles. The zero-order valence-electron chi connectivity index (χ0n) is 30.4. The molecule has 4 aliphatic heterocycles. The van der Waals surface area contributed by atoms with Gasteiger partial charge < -0.3 is 19.6 Å². The first kappa shape index (κ1) is 35.5. The summed E-state index contributed by atoms with van der Waals surface area (Å²) >= 11 is 0. The molecule has 54 heavy (non-hydrogen) atoms. The third kappa shape index (κ3) is 7.75. The molecule has 4 amide bonds. The van der Waals surface area contributed by atoms with E-state index in [4.69, 9.17) is 0 Å². The van der Waals surface area contributed by atoms with Gasteiger partial charge in [0.1, 0.15) is 0 Å². The topological polar surface area (TPSA) is 149 Å². The SMILES string of the molecule is O=C(c1cnn(C(=O)N2CCN(Cc3cc(C4CCCN4C(=O)c4cnn(C(=O)N5CCN(Cc6cccnc6)CC5)c4)ccn3)CC2)c1)N1CCCC1. The maximum Gasteiger partial charge on any atom is 0.344 e. The highest BCUT2D eigenvalue weighted by molar-refractivity contribution is 5.95. The van der Waals surface area contributed by atoms with Crippen molar-refractivity contribution >= 4 is 23.9 Å². The summed E-state index contributed by atoms with van der Waals surface area (Å²) in [5, 5.41) is 8.50. The number of rotatable bonds is 7. The molecule has 0 spiro atoms. The fourth-order valence-corrected chi connectivity index (χ4v) is 7.95. The van der Waals surface area contributed by atoms with E-state index in [2.05, 4.69) is 42.1 Å². The van der Waals surface area contributed by atoms with Gasteiger partial charge in [-0.15, -0.1) is 0 Å². The smallest absolute Gasteiger partial charge is 0.339 e. The van der Waals surface area contributed by atoms with E-state index in [-0.39, 0.29) is 29.9 Å². The first-order valence-electron chi connectivity index (χ1n) is 19.0. The van der Waals surface area contributed by atoms with Gasteiger partial charge in [0.05, 0.1) is 35.3 Å². The van der Waals surface area contributed by atoms with E-state index < -0.39 is 0 Å². The van der Waals surface area contributed by atoms with Crippen molar-refractivity contribution in [2.75, 3.05) is 72.0 Å². The maximum absolute atomic E-state index is 13.8. The average Bonchev–Trinajstić information content (AvgIpc) is 4.06. The summed E-state index contributed by atoms with van der Waals surface area (Å²) in [7, 11) is 0. The van der Waals surface area contributed by atoms with E-state index in [1.807, 2.05) is 28.1 Å². The first-order chi connectivity index (χ1) is 26.4. The molecule has 0 radical (unpaired) electrons. The Morgan fingerprint density at radius 2 is 1.26 bits per heavy atom. The molecule has 1 unspecified atom stereocenters. The van der Waals surface area contributed by atoms with Crippen molar-refractivity contribution in [3.8, 4) is 0 Å². The molecular weight excluding hydrogens is 688 g/mol. The molecule has 0 N–H and O–H groups in total. The molecule has 0 aromatic carbocycles. The molecule has 16 nitrogen and oxygen atoms in total. The van der Waals surface area contributed by atoms with E-state index in [1.165, 1.54) is 21.8 Å². The van der Waals surface area contributed by atoms with Crippen molar-refractivity contribution in [1.29, 1.82) is 0 Å². The van der Waals surface area contributed by atoms with Crippen LogP contribution in [0.4, 0.5) is 9.59 Å². The second kappa shape index (κ2) is 15.9. The van der Waals surface area contributed by atoms with Gasteiger partial charge >= 0.3 is 12.1 Å². The molecule has 282 valence electrons. The van der Waals surface area contributed by atoms with Gasteiger partial charge in [-0.3, -0.25) is 29.4 Å². The second-order valence-electron chi connectivity index (χ2n) is 14.5. The normalized spacial score (nSPS) is 19.8. The molecular formula is C38H46N12O4. The Kier molecular flexibility index (Phi) is 10.4. The van der Waals surface area contributed by atoms with Crippen molar-refractivity contribution in [3.63, 3.8) is 0 Å². The van der Waals surface area contributed by atoms with Crippen LogP contribution >= 0.6 is 0 Å². The van der Waals surface area contributed by atoms with Crippen molar-refractivity contribution in [2.24, 2.45) is 0 Å². The minimum atomic E-state index is -0.230. The zero-order chi connectivity index (χ0) is 37.0. The number of carbonyl (C=O) groups excluding carboxylic acids is 4. The standard InChI is InChI=1S/C38H46N12O4/c51-35(45-10-1-2-11-45)31-23-41-49(26-31)37(53)47-19-15-44(16-20-47)28-33-21-30(7-9-40-33)34-6-4-12-48(34)36(52)32-24-42-50(27-32)38(54)46-17-13-43(14-18-46)25-29-5-3-8-39-22-29/h3,5,7-9,21-24,26-27,34H,1-2,4,6,10-20,25,28H2. The van der Waals surface area contributed by atoms with E-state index in [0.717, 1.165) is 75.2 Å². The summed E-state index contributed by atoms with van der Waals surface area (Å²) in [5.74, 6) is -0.209. The number of pyridine rings is 2. The van der Waals surface area contributed by atoms with Crippen LogP contribution in [-0.2, 0) is 13.1 Å². The highest BCUT2D eigenvalue weighted by atomic mass is 16.2. The Labute approximate surface area is 313 Å². The van der Waals surface area contributed by atoms with Gasteiger partial charge in [0.15, 0.2) is 0 Å². The van der Waals surface area contributed by atoms with Gasteiger partial charge in [-0.25, -0.2) is 9.59 Å². The fraction of sp³-hybridized carbons (Fsp3) is 0.474. The number of amides is 4. The van der Waals surface area contributed by atoms with E-state index in [9.17, 15) is 19.2 Å². The molecule has 0 saturated carbocycles. The van der Waals surface area contributed by atoms with Crippen LogP contribution in [-0.4, -0.2) is 155 Å². The molecule has 4 saturated heterocycles. The van der Waals surface area contributed by atoms with Crippen LogP contribution < -0.4 is 0 Å². The number of hydrogen-bond acceptors (Lipinski definition) is 10. The van der Waals surface area contributed by atoms with Crippen LogP contribution in [0.15, 0.2) is 67.6 Å². The van der Waals surface area contributed by atoms with Gasteiger partial charge in [-0.1, -0.05) is 6.07 Å². The number of aromatic nitrogens is 6. The molecule has 0 aliphatic carbocycles. The molecule has 1 atom stereocenters. The van der Waals surface area contributed by atoms with E-state index in [1.54, 1.807) is 34.6 Å². The lowest BCUT2D eigenvalue weighted by atomic mass is 10.0. The molecule has 4 aromatic heterocycles. The Hall–Kier alpha value is -5.48. The summed E-state index contributed by atoms with van der Waals surface area (Å²) in [4.78, 5) is 73.7. The lowest BCUT2D eigenvalue weighted by molar-refractivity contribution is 0.0734. The lowest BCUT2D eigenvalue weighted by Gasteiger charge is -2.34. The lowest BCUT2D eigenvalue weighted by Crippen LogP contribution is -2.49. The van der Waals surface area contributed by atoms with Crippen LogP contribution in [0.3, 0.4) is 0 Å². The summed E-state index contributed by atoms with van der Waals surface area (Å²) in [5.41, 5.74) is 3.93.